The Labute approximate surface area is 490 Å². The average Bonchev–Trinajstić information content (AvgIpc) is 3.49. The van der Waals surface area contributed by atoms with Crippen LogP contribution in [0.3, 0.4) is 0 Å². The number of hydrogen-bond acceptors (Lipinski definition) is 14. The average molecular weight is 1280 g/mol. The summed E-state index contributed by atoms with van der Waals surface area (Å²) in [6, 6.07) is 80.1. The van der Waals surface area contributed by atoms with Gasteiger partial charge in [-0.1, -0.05) is 255 Å². The number of carboxylic acid groups (broad SMARTS) is 6. The van der Waals surface area contributed by atoms with E-state index in [0.717, 1.165) is 36.4 Å². The fourth-order valence-corrected chi connectivity index (χ4v) is 11.5. The summed E-state index contributed by atoms with van der Waals surface area (Å²) < 4.78 is 0. The van der Waals surface area contributed by atoms with E-state index in [1.807, 2.05) is 13.6 Å². The molecular weight excluding hydrogens is 1240 g/mol. The maximum absolute atomic E-state index is 10.3. The van der Waals surface area contributed by atoms with E-state index in [0.29, 0.717) is 0 Å². The second-order valence-corrected chi connectivity index (χ2v) is 19.5. The minimum atomic E-state index is -1.52. The minimum Gasteiger partial charge on any atom is -0.545 e. The van der Waals surface area contributed by atoms with Gasteiger partial charge in [-0.3, -0.25) is 0 Å². The summed E-state index contributed by atoms with van der Waals surface area (Å²) in [4.78, 5) is 77.9. The van der Waals surface area contributed by atoms with E-state index in [-0.39, 0.29) is 72.3 Å². The third kappa shape index (κ3) is 22.3. The fraction of sp³-hybridized carbons (Fsp3) is 0. The molecule has 0 saturated heterocycles. The van der Waals surface area contributed by atoms with Crippen LogP contribution in [-0.4, -0.2) is 49.4 Å². The number of carbonyl (C=O) groups excluding carboxylic acids is 8. The molecule has 9 rings (SSSR count). The van der Waals surface area contributed by atoms with Gasteiger partial charge in [-0.05, 0) is 47.7 Å². The molecule has 0 spiro atoms. The molecule has 0 unspecified atom stereocenters. The molecule has 0 radical (unpaired) electrons. The molecule has 0 N–H and O–H groups in total. The van der Waals surface area contributed by atoms with Crippen molar-refractivity contribution < 1.29 is 108 Å². The van der Waals surface area contributed by atoms with Gasteiger partial charge in [0.1, 0.15) is 13.6 Å². The fourth-order valence-electron chi connectivity index (χ4n) is 6.87. The van der Waals surface area contributed by atoms with Crippen LogP contribution in [0.4, 0.5) is 0 Å². The van der Waals surface area contributed by atoms with Crippen molar-refractivity contribution >= 4 is 97.1 Å². The maximum Gasteiger partial charge on any atom is 3.00 e. The van der Waals surface area contributed by atoms with Gasteiger partial charge in [0, 0.05) is 33.4 Å². The zero-order valence-corrected chi connectivity index (χ0v) is 47.0. The SMILES string of the molecule is C=O.C=O.O=C([O-])c1ccccc1C(=O)[O-].O=C([O-])c1ccccc1C(=O)[O-].O=C([O-])c1ccccc1C(=O)[O-].[Rh+3].[Rh+3].c1ccc(P(c2ccccc2)c2ccccc2)cc1.c1ccc(P(c2ccccc2)c2ccccc2)cc1. The molecule has 0 aliphatic carbocycles. The van der Waals surface area contributed by atoms with Crippen LogP contribution in [0.15, 0.2) is 255 Å². The van der Waals surface area contributed by atoms with Gasteiger partial charge >= 0.3 is 39.0 Å². The largest absolute Gasteiger partial charge is 3.00 e. The Morgan fingerprint density at radius 2 is 0.312 bits per heavy atom. The number of rotatable bonds is 12. The molecule has 14 nitrogen and oxygen atoms in total. The van der Waals surface area contributed by atoms with Gasteiger partial charge in [0.15, 0.2) is 0 Å². The van der Waals surface area contributed by atoms with Crippen LogP contribution in [0, 0.1) is 0 Å². The summed E-state index contributed by atoms with van der Waals surface area (Å²) >= 11 is 0. The van der Waals surface area contributed by atoms with Crippen LogP contribution in [0.2, 0.25) is 0 Å². The summed E-state index contributed by atoms with van der Waals surface area (Å²) in [5, 5.41) is 70.3. The molecule has 0 bridgehead atoms. The van der Waals surface area contributed by atoms with E-state index in [9.17, 15) is 59.4 Å². The van der Waals surface area contributed by atoms with Crippen molar-refractivity contribution in [2.45, 2.75) is 0 Å². The maximum atomic E-state index is 10.3. The quantitative estimate of drug-likeness (QED) is 0.125. The van der Waals surface area contributed by atoms with Crippen LogP contribution in [0.5, 0.6) is 0 Å². The normalized spacial score (nSPS) is 9.32. The molecule has 0 aliphatic rings. The molecule has 80 heavy (non-hydrogen) atoms. The van der Waals surface area contributed by atoms with Crippen molar-refractivity contribution in [2.24, 2.45) is 0 Å². The Bertz CT molecular complexity index is 2720. The monoisotopic (exact) mass is 1280 g/mol. The van der Waals surface area contributed by atoms with Crippen molar-refractivity contribution in [1.29, 1.82) is 0 Å². The number of benzene rings is 9. The number of carbonyl (C=O) groups is 8. The topological polar surface area (TPSA) is 275 Å². The van der Waals surface area contributed by atoms with E-state index in [1.54, 1.807) is 0 Å². The molecule has 18 heteroatoms. The standard InChI is InChI=1S/2C18H15P.3C8H6O4.2CH2O.2Rh/c2*1-4-10-16(11-5-1)19(17-12-6-2-7-13-17)18-14-8-3-9-15-18;3*9-7(10)5-3-1-2-4-6(5)8(11)12;2*1-2;;/h2*1-15H;3*1-4H,(H,9,10)(H,11,12);2*1H2;;/q;;;;;;;2*+3/p-6. The van der Waals surface area contributed by atoms with E-state index < -0.39 is 51.7 Å². The van der Waals surface area contributed by atoms with Gasteiger partial charge in [0.05, 0.1) is 35.8 Å². The first-order chi connectivity index (χ1) is 37.8. The summed E-state index contributed by atoms with van der Waals surface area (Å²) in [5.74, 6) is -9.11. The van der Waals surface area contributed by atoms with Gasteiger partial charge in [-0.2, -0.15) is 0 Å². The summed E-state index contributed by atoms with van der Waals surface area (Å²) in [5.41, 5.74) is -2.18. The molecule has 406 valence electrons. The van der Waals surface area contributed by atoms with Crippen molar-refractivity contribution in [3.8, 4) is 0 Å². The van der Waals surface area contributed by atoms with E-state index in [2.05, 4.69) is 182 Å². The van der Waals surface area contributed by atoms with Crippen LogP contribution >= 0.6 is 15.8 Å². The van der Waals surface area contributed by atoms with E-state index >= 15 is 0 Å². The zero-order chi connectivity index (χ0) is 57.2. The van der Waals surface area contributed by atoms with Crippen molar-refractivity contribution in [1.82, 2.24) is 0 Å². The summed E-state index contributed by atoms with van der Waals surface area (Å²) in [6.07, 6.45) is 0. The minimum absolute atomic E-state index is 0. The molecule has 9 aromatic carbocycles. The molecule has 0 saturated carbocycles. The first-order valence-electron chi connectivity index (χ1n) is 22.8. The summed E-state index contributed by atoms with van der Waals surface area (Å²) in [6.45, 7) is 4.00. The predicted molar refractivity (Wildman–Crippen MR) is 290 cm³/mol. The molecule has 0 aromatic heterocycles. The van der Waals surface area contributed by atoms with Crippen LogP contribution in [0.25, 0.3) is 0 Å². The Kier molecular flexibility index (Phi) is 33.5. The van der Waals surface area contributed by atoms with Gasteiger partial charge in [-0.15, -0.1) is 0 Å². The van der Waals surface area contributed by atoms with Gasteiger partial charge < -0.3 is 69.0 Å². The van der Waals surface area contributed by atoms with Crippen LogP contribution in [0.1, 0.15) is 62.1 Å². The number of aromatic carboxylic acids is 6. The Morgan fingerprint density at radius 3 is 0.412 bits per heavy atom. The second kappa shape index (κ2) is 38.7. The molecule has 0 aliphatic heterocycles. The van der Waals surface area contributed by atoms with E-state index in [1.165, 1.54) is 68.2 Å². The van der Waals surface area contributed by atoms with Gasteiger partial charge in [-0.25, -0.2) is 0 Å². The summed E-state index contributed by atoms with van der Waals surface area (Å²) in [7, 11) is -0.892. The predicted octanol–water partition coefficient (Wildman–Crippen LogP) is 1.76. The molecular formula is C62H46O14P2Rh2. The molecule has 0 fully saturated rings. The first kappa shape index (κ1) is 69.3. The van der Waals surface area contributed by atoms with Crippen LogP contribution in [-0.2, 0) is 48.5 Å². The number of hydrogen-bond donors (Lipinski definition) is 0. The smallest absolute Gasteiger partial charge is 0.545 e. The Hall–Kier alpha value is -8.75. The first-order valence-corrected chi connectivity index (χ1v) is 25.5. The molecule has 0 amide bonds. The zero-order valence-electron chi connectivity index (χ0n) is 41.9. The van der Waals surface area contributed by atoms with Crippen molar-refractivity contribution in [3.05, 3.63) is 288 Å². The number of carboxylic acids is 6. The van der Waals surface area contributed by atoms with Gasteiger partial charge in [0.2, 0.25) is 0 Å². The Balaban J connectivity index is 0.000000497. The van der Waals surface area contributed by atoms with Crippen LogP contribution < -0.4 is 62.5 Å². The Morgan fingerprint density at radius 1 is 0.212 bits per heavy atom. The second-order valence-electron chi connectivity index (χ2n) is 15.0. The molecule has 0 heterocycles. The van der Waals surface area contributed by atoms with Crippen molar-refractivity contribution in [3.63, 3.8) is 0 Å². The van der Waals surface area contributed by atoms with Gasteiger partial charge in [0.25, 0.3) is 0 Å². The molecule has 0 atom stereocenters. The third-order valence-electron chi connectivity index (χ3n) is 10.2. The van der Waals surface area contributed by atoms with E-state index in [4.69, 9.17) is 9.59 Å². The third-order valence-corrected chi connectivity index (χ3v) is 15.1. The molecule has 9 aromatic rings. The van der Waals surface area contributed by atoms with Crippen molar-refractivity contribution in [2.75, 3.05) is 0 Å².